The highest BCUT2D eigenvalue weighted by atomic mass is 35.5. The van der Waals surface area contributed by atoms with E-state index in [-0.39, 0.29) is 29.6 Å². The third-order valence-electron chi connectivity index (χ3n) is 6.13. The lowest BCUT2D eigenvalue weighted by Gasteiger charge is -2.42. The van der Waals surface area contributed by atoms with Gasteiger partial charge in [0.15, 0.2) is 11.4 Å². The van der Waals surface area contributed by atoms with E-state index >= 15 is 0 Å². The number of nitrogens with zero attached hydrogens (tertiary/aromatic N) is 3. The number of carbonyl (C=O) groups is 1. The summed E-state index contributed by atoms with van der Waals surface area (Å²) in [5.41, 5.74) is 1.36. The van der Waals surface area contributed by atoms with Gasteiger partial charge < -0.3 is 10.0 Å². The minimum absolute atomic E-state index is 0.0337. The van der Waals surface area contributed by atoms with Crippen molar-refractivity contribution in [2.45, 2.75) is 30.8 Å². The molecule has 5 rings (SSSR count). The van der Waals surface area contributed by atoms with Gasteiger partial charge in [0, 0.05) is 17.5 Å². The van der Waals surface area contributed by atoms with Crippen LogP contribution in [0.15, 0.2) is 65.6 Å². The second-order valence-corrected chi connectivity index (χ2v) is 8.23. The molecule has 0 aliphatic carbocycles. The van der Waals surface area contributed by atoms with Crippen LogP contribution in [-0.2, 0) is 0 Å². The van der Waals surface area contributed by atoms with Crippen LogP contribution in [0.25, 0.3) is 0 Å². The van der Waals surface area contributed by atoms with Crippen molar-refractivity contribution >= 4 is 17.5 Å². The Morgan fingerprint density at radius 3 is 2.60 bits per heavy atom. The predicted octanol–water partition coefficient (Wildman–Crippen LogP) is 3.59. The molecule has 3 heterocycles. The van der Waals surface area contributed by atoms with Gasteiger partial charge in [-0.3, -0.25) is 14.3 Å². The lowest BCUT2D eigenvalue weighted by atomic mass is 9.80. The van der Waals surface area contributed by atoms with Gasteiger partial charge in [-0.2, -0.15) is 5.10 Å². The number of fused-ring (bicyclic) bond motifs is 2. The summed E-state index contributed by atoms with van der Waals surface area (Å²) in [6.45, 7) is 0.597. The Balaban J connectivity index is 1.78. The maximum atomic E-state index is 13.1. The SMILES string of the molecule is O=C1c2c(O)c(=O)cnn2[C@H](C(c2ccccc2)c2cccc(Cl)c2)[C@@H]2CCCN12. The number of hydrogen-bond acceptors (Lipinski definition) is 4. The van der Waals surface area contributed by atoms with Crippen molar-refractivity contribution in [3.05, 3.63) is 92.9 Å². The number of carbonyl (C=O) groups excluding carboxylic acids is 1. The van der Waals surface area contributed by atoms with Gasteiger partial charge in [-0.25, -0.2) is 0 Å². The zero-order valence-electron chi connectivity index (χ0n) is 16.1. The molecule has 7 heteroatoms. The quantitative estimate of drug-likeness (QED) is 0.701. The van der Waals surface area contributed by atoms with Crippen LogP contribution >= 0.6 is 11.6 Å². The van der Waals surface area contributed by atoms with Gasteiger partial charge in [-0.1, -0.05) is 54.1 Å². The Labute approximate surface area is 178 Å². The summed E-state index contributed by atoms with van der Waals surface area (Å²) >= 11 is 6.33. The fourth-order valence-electron chi connectivity index (χ4n) is 4.89. The van der Waals surface area contributed by atoms with Crippen molar-refractivity contribution in [1.82, 2.24) is 14.7 Å². The van der Waals surface area contributed by atoms with Crippen LogP contribution in [0.5, 0.6) is 5.75 Å². The molecule has 30 heavy (non-hydrogen) atoms. The summed E-state index contributed by atoms with van der Waals surface area (Å²) in [6, 6.07) is 17.3. The highest BCUT2D eigenvalue weighted by Gasteiger charge is 2.48. The molecule has 0 spiro atoms. The third kappa shape index (κ3) is 2.91. The first-order valence-electron chi connectivity index (χ1n) is 9.98. The standard InChI is InChI=1S/C23H20ClN3O3/c24-16-9-4-8-15(12-16)19(14-6-2-1-3-7-14)20-17-10-5-11-26(17)23(30)21-22(29)18(28)13-25-27(20)21/h1-4,6-9,12-13,17,19-20,29H,5,10-11H2/t17-,19?,20-/m0/s1. The largest absolute Gasteiger partial charge is 0.502 e. The van der Waals surface area contributed by atoms with Gasteiger partial charge in [0.1, 0.15) is 0 Å². The van der Waals surface area contributed by atoms with Gasteiger partial charge in [0.2, 0.25) is 5.43 Å². The highest BCUT2D eigenvalue weighted by Crippen LogP contribution is 2.45. The molecule has 0 bridgehead atoms. The zero-order chi connectivity index (χ0) is 20.8. The molecular formula is C23H20ClN3O3. The molecule has 2 aliphatic heterocycles. The van der Waals surface area contributed by atoms with Gasteiger partial charge in [-0.05, 0) is 36.1 Å². The van der Waals surface area contributed by atoms with E-state index in [0.717, 1.165) is 30.2 Å². The Kier molecular flexibility index (Phi) is 4.59. The average molecular weight is 422 g/mol. The molecule has 1 aromatic heterocycles. The van der Waals surface area contributed by atoms with E-state index in [2.05, 4.69) is 5.10 Å². The van der Waals surface area contributed by atoms with Crippen LogP contribution in [-0.4, -0.2) is 38.3 Å². The number of aromatic nitrogens is 2. The first-order valence-corrected chi connectivity index (χ1v) is 10.4. The van der Waals surface area contributed by atoms with Crippen molar-refractivity contribution in [3.63, 3.8) is 0 Å². The minimum atomic E-state index is -0.648. The summed E-state index contributed by atoms with van der Waals surface area (Å²) in [7, 11) is 0. The lowest BCUT2D eigenvalue weighted by Crippen LogP contribution is -2.50. The van der Waals surface area contributed by atoms with E-state index < -0.39 is 11.2 Å². The van der Waals surface area contributed by atoms with Crippen molar-refractivity contribution in [2.24, 2.45) is 0 Å². The lowest BCUT2D eigenvalue weighted by molar-refractivity contribution is 0.0565. The first-order chi connectivity index (χ1) is 14.6. The molecule has 1 amide bonds. The van der Waals surface area contributed by atoms with Gasteiger partial charge in [0.05, 0.1) is 18.3 Å². The van der Waals surface area contributed by atoms with Crippen LogP contribution in [0.4, 0.5) is 0 Å². The average Bonchev–Trinajstić information content (AvgIpc) is 3.24. The second-order valence-electron chi connectivity index (χ2n) is 7.79. The van der Waals surface area contributed by atoms with Crippen LogP contribution in [0.1, 0.15) is 46.4 Å². The monoisotopic (exact) mass is 421 g/mol. The van der Waals surface area contributed by atoms with E-state index in [1.165, 1.54) is 0 Å². The van der Waals surface area contributed by atoms with E-state index in [1.807, 2.05) is 54.6 Å². The number of hydrogen-bond donors (Lipinski definition) is 1. The third-order valence-corrected chi connectivity index (χ3v) is 6.37. The molecule has 3 atom stereocenters. The van der Waals surface area contributed by atoms with Gasteiger partial charge in [-0.15, -0.1) is 0 Å². The van der Waals surface area contributed by atoms with E-state index in [1.54, 1.807) is 9.58 Å². The normalized spacial score (nSPS) is 21.2. The van der Waals surface area contributed by atoms with Crippen LogP contribution in [0.2, 0.25) is 5.02 Å². The summed E-state index contributed by atoms with van der Waals surface area (Å²) in [5, 5.41) is 15.4. The molecule has 0 radical (unpaired) electrons. The molecule has 3 aromatic rings. The fourth-order valence-corrected chi connectivity index (χ4v) is 5.09. The fraction of sp³-hybridized carbons (Fsp3) is 0.261. The number of rotatable bonds is 3. The Bertz CT molecular complexity index is 1180. The van der Waals surface area contributed by atoms with E-state index in [4.69, 9.17) is 11.6 Å². The van der Waals surface area contributed by atoms with Crippen molar-refractivity contribution in [3.8, 4) is 5.75 Å². The van der Waals surface area contributed by atoms with Crippen molar-refractivity contribution in [1.29, 1.82) is 0 Å². The molecule has 2 aromatic carbocycles. The zero-order valence-corrected chi connectivity index (χ0v) is 16.9. The van der Waals surface area contributed by atoms with Crippen LogP contribution in [0, 0.1) is 0 Å². The van der Waals surface area contributed by atoms with Crippen molar-refractivity contribution < 1.29 is 9.90 Å². The molecule has 0 saturated carbocycles. The second kappa shape index (κ2) is 7.29. The first kappa shape index (κ1) is 18.9. The summed E-state index contributed by atoms with van der Waals surface area (Å²) in [6.07, 6.45) is 2.78. The highest BCUT2D eigenvalue weighted by molar-refractivity contribution is 6.30. The maximum absolute atomic E-state index is 13.1. The summed E-state index contributed by atoms with van der Waals surface area (Å²) < 4.78 is 1.56. The number of aromatic hydroxyl groups is 1. The summed E-state index contributed by atoms with van der Waals surface area (Å²) in [5.74, 6) is -1.05. The smallest absolute Gasteiger partial charge is 0.276 e. The molecule has 1 fully saturated rings. The van der Waals surface area contributed by atoms with Gasteiger partial charge in [0.25, 0.3) is 5.91 Å². The molecule has 1 unspecified atom stereocenters. The molecule has 152 valence electrons. The number of amides is 1. The predicted molar refractivity (Wildman–Crippen MR) is 113 cm³/mol. The molecule has 6 nitrogen and oxygen atoms in total. The Morgan fingerprint density at radius 2 is 1.83 bits per heavy atom. The van der Waals surface area contributed by atoms with Gasteiger partial charge >= 0.3 is 0 Å². The van der Waals surface area contributed by atoms with E-state index in [0.29, 0.717) is 11.6 Å². The molecule has 1 N–H and O–H groups in total. The van der Waals surface area contributed by atoms with Crippen LogP contribution < -0.4 is 5.43 Å². The minimum Gasteiger partial charge on any atom is -0.502 e. The maximum Gasteiger partial charge on any atom is 0.276 e. The van der Waals surface area contributed by atoms with Crippen LogP contribution in [0.3, 0.4) is 0 Å². The molecule has 1 saturated heterocycles. The topological polar surface area (TPSA) is 75.4 Å². The Hall–Kier alpha value is -3.12. The van der Waals surface area contributed by atoms with E-state index in [9.17, 15) is 14.7 Å². The van der Waals surface area contributed by atoms with Crippen molar-refractivity contribution in [2.75, 3.05) is 6.54 Å². The molecule has 2 aliphatic rings. The summed E-state index contributed by atoms with van der Waals surface area (Å²) in [4.78, 5) is 27.0. The Morgan fingerprint density at radius 1 is 1.07 bits per heavy atom. The number of halogens is 1. The number of benzene rings is 2. The molecular weight excluding hydrogens is 402 g/mol.